The monoisotopic (exact) mass is 281 g/mol. The zero-order valence-electron chi connectivity index (χ0n) is 10.1. The summed E-state index contributed by atoms with van der Waals surface area (Å²) >= 11 is 1.56. The van der Waals surface area contributed by atoms with Crippen molar-refractivity contribution in [1.82, 2.24) is 4.90 Å². The van der Waals surface area contributed by atoms with E-state index in [-0.39, 0.29) is 6.61 Å². The van der Waals surface area contributed by atoms with Crippen molar-refractivity contribution in [2.75, 3.05) is 6.61 Å². The second kappa shape index (κ2) is 4.73. The Hall–Kier alpha value is -1.18. The highest BCUT2D eigenvalue weighted by atomic mass is 32.1. The summed E-state index contributed by atoms with van der Waals surface area (Å²) in [6.45, 7) is 3.68. The molecule has 0 aromatic carbocycles. The molecule has 1 fully saturated rings. The van der Waals surface area contributed by atoms with Crippen LogP contribution in [0.15, 0.2) is 24.2 Å². The van der Waals surface area contributed by atoms with Crippen LogP contribution < -0.4 is 0 Å². The Morgan fingerprint density at radius 1 is 1.37 bits per heavy atom. The molecule has 4 atom stereocenters. The SMILES string of the molecule is C=C1c2sccc2C=CN1[C@@H]1O[C@H](CO)[C@H](O)C1O. The van der Waals surface area contributed by atoms with E-state index in [0.717, 1.165) is 16.1 Å². The highest BCUT2D eigenvalue weighted by Gasteiger charge is 2.45. The Labute approximate surface area is 114 Å². The van der Waals surface area contributed by atoms with E-state index in [0.29, 0.717) is 0 Å². The van der Waals surface area contributed by atoms with Gasteiger partial charge in [-0.25, -0.2) is 0 Å². The number of nitrogens with zero attached hydrogens (tertiary/aromatic N) is 1. The minimum Gasteiger partial charge on any atom is -0.394 e. The van der Waals surface area contributed by atoms with E-state index >= 15 is 0 Å². The Kier molecular flexibility index (Phi) is 3.20. The first-order chi connectivity index (χ1) is 9.13. The summed E-state index contributed by atoms with van der Waals surface area (Å²) in [7, 11) is 0. The second-order valence-electron chi connectivity index (χ2n) is 4.60. The van der Waals surface area contributed by atoms with Crippen LogP contribution in [0, 0.1) is 0 Å². The predicted molar refractivity (Wildman–Crippen MR) is 72.0 cm³/mol. The van der Waals surface area contributed by atoms with Gasteiger partial charge in [-0.15, -0.1) is 11.3 Å². The average Bonchev–Trinajstić information content (AvgIpc) is 2.98. The summed E-state index contributed by atoms with van der Waals surface area (Å²) in [6.07, 6.45) is 0.00516. The Morgan fingerprint density at radius 3 is 2.84 bits per heavy atom. The highest BCUT2D eigenvalue weighted by Crippen LogP contribution is 2.37. The first kappa shape index (κ1) is 12.8. The maximum absolute atomic E-state index is 10.0. The van der Waals surface area contributed by atoms with Gasteiger partial charge in [0.1, 0.15) is 18.3 Å². The number of fused-ring (bicyclic) bond motifs is 1. The largest absolute Gasteiger partial charge is 0.394 e. The Morgan fingerprint density at radius 2 is 2.16 bits per heavy atom. The molecule has 0 saturated carbocycles. The number of rotatable bonds is 2. The molecule has 2 aliphatic heterocycles. The van der Waals surface area contributed by atoms with Crippen LogP contribution in [0.4, 0.5) is 0 Å². The molecular weight excluding hydrogens is 266 g/mol. The third kappa shape index (κ3) is 1.92. The maximum atomic E-state index is 10.0. The maximum Gasteiger partial charge on any atom is 0.163 e. The van der Waals surface area contributed by atoms with E-state index < -0.39 is 24.5 Å². The molecule has 1 aromatic rings. The van der Waals surface area contributed by atoms with Gasteiger partial charge in [-0.2, -0.15) is 0 Å². The lowest BCUT2D eigenvalue weighted by Crippen LogP contribution is -2.41. The van der Waals surface area contributed by atoms with Crippen molar-refractivity contribution in [2.45, 2.75) is 24.5 Å². The third-order valence-electron chi connectivity index (χ3n) is 3.48. The lowest BCUT2D eigenvalue weighted by Gasteiger charge is -2.32. The molecule has 3 N–H and O–H groups in total. The van der Waals surface area contributed by atoms with E-state index in [4.69, 9.17) is 9.84 Å². The summed E-state index contributed by atoms with van der Waals surface area (Å²) in [4.78, 5) is 2.71. The van der Waals surface area contributed by atoms with Crippen LogP contribution in [0.25, 0.3) is 11.8 Å². The molecule has 0 radical (unpaired) electrons. The van der Waals surface area contributed by atoms with Gasteiger partial charge >= 0.3 is 0 Å². The van der Waals surface area contributed by atoms with Gasteiger partial charge in [-0.1, -0.05) is 6.58 Å². The fourth-order valence-electron chi connectivity index (χ4n) is 2.40. The Bertz CT molecular complexity index is 526. The van der Waals surface area contributed by atoms with Crippen molar-refractivity contribution >= 4 is 23.1 Å². The number of ether oxygens (including phenoxy) is 1. The summed E-state index contributed by atoms with van der Waals surface area (Å²) in [5.41, 5.74) is 1.81. The first-order valence-corrected chi connectivity index (χ1v) is 6.87. The summed E-state index contributed by atoms with van der Waals surface area (Å²) in [5.74, 6) is 0. The average molecular weight is 281 g/mol. The summed E-state index contributed by atoms with van der Waals surface area (Å²) < 4.78 is 5.51. The van der Waals surface area contributed by atoms with Gasteiger partial charge in [0, 0.05) is 6.20 Å². The number of aliphatic hydroxyl groups excluding tert-OH is 3. The van der Waals surface area contributed by atoms with Crippen LogP contribution in [0.5, 0.6) is 0 Å². The van der Waals surface area contributed by atoms with Gasteiger partial charge in [-0.05, 0) is 23.1 Å². The first-order valence-electron chi connectivity index (χ1n) is 5.99. The smallest absolute Gasteiger partial charge is 0.163 e. The number of thiophene rings is 1. The lowest BCUT2D eigenvalue weighted by atomic mass is 10.1. The minimum absolute atomic E-state index is 0.330. The predicted octanol–water partition coefficient (Wildman–Crippen LogP) is 0.444. The molecule has 1 saturated heterocycles. The molecule has 1 aromatic heterocycles. The van der Waals surface area contributed by atoms with Crippen molar-refractivity contribution in [3.8, 4) is 0 Å². The molecule has 0 bridgehead atoms. The van der Waals surface area contributed by atoms with Crippen molar-refractivity contribution < 1.29 is 20.1 Å². The minimum atomic E-state index is -1.10. The summed E-state index contributed by atoms with van der Waals surface area (Å²) in [5, 5.41) is 30.9. The fraction of sp³-hybridized carbons (Fsp3) is 0.385. The second-order valence-corrected chi connectivity index (χ2v) is 5.52. The highest BCUT2D eigenvalue weighted by molar-refractivity contribution is 7.11. The van der Waals surface area contributed by atoms with Crippen LogP contribution in [-0.2, 0) is 4.74 Å². The standard InChI is InChI=1S/C13H15NO4S/c1-7-12-8(3-5-19-12)2-4-14(7)13-11(17)10(16)9(6-15)18-13/h2-5,9-11,13,15-17H,1,6H2/t9-,10+,11?,13-/m1/s1. The van der Waals surface area contributed by atoms with Gasteiger partial charge in [0.25, 0.3) is 0 Å². The zero-order valence-corrected chi connectivity index (χ0v) is 11.0. The van der Waals surface area contributed by atoms with Crippen LogP contribution >= 0.6 is 11.3 Å². The molecule has 0 spiro atoms. The van der Waals surface area contributed by atoms with E-state index in [2.05, 4.69) is 6.58 Å². The quantitative estimate of drug-likeness (QED) is 0.734. The zero-order chi connectivity index (χ0) is 13.6. The fourth-order valence-corrected chi connectivity index (χ4v) is 3.27. The third-order valence-corrected chi connectivity index (χ3v) is 4.45. The van der Waals surface area contributed by atoms with E-state index in [1.807, 2.05) is 17.5 Å². The van der Waals surface area contributed by atoms with Gasteiger partial charge < -0.3 is 25.0 Å². The van der Waals surface area contributed by atoms with Crippen molar-refractivity contribution in [3.05, 3.63) is 34.7 Å². The molecule has 0 amide bonds. The molecule has 3 heterocycles. The molecule has 1 unspecified atom stereocenters. The lowest BCUT2D eigenvalue weighted by molar-refractivity contribution is -0.0612. The van der Waals surface area contributed by atoms with Crippen molar-refractivity contribution in [2.24, 2.45) is 0 Å². The van der Waals surface area contributed by atoms with Crippen molar-refractivity contribution in [1.29, 1.82) is 0 Å². The molecule has 2 aliphatic rings. The summed E-state index contributed by atoms with van der Waals surface area (Å²) in [6, 6.07) is 2.00. The number of hydrogen-bond donors (Lipinski definition) is 3. The van der Waals surface area contributed by atoms with Gasteiger partial charge in [0.2, 0.25) is 0 Å². The molecule has 3 rings (SSSR count). The molecule has 19 heavy (non-hydrogen) atoms. The van der Waals surface area contributed by atoms with Crippen LogP contribution in [0.1, 0.15) is 10.4 Å². The van der Waals surface area contributed by atoms with E-state index in [9.17, 15) is 10.2 Å². The molecule has 6 heteroatoms. The van der Waals surface area contributed by atoms with Crippen LogP contribution in [-0.4, -0.2) is 51.4 Å². The van der Waals surface area contributed by atoms with Gasteiger partial charge in [0.05, 0.1) is 17.2 Å². The van der Waals surface area contributed by atoms with Crippen LogP contribution in [0.2, 0.25) is 0 Å². The van der Waals surface area contributed by atoms with Gasteiger partial charge in [0.15, 0.2) is 6.23 Å². The molecule has 0 aliphatic carbocycles. The van der Waals surface area contributed by atoms with Gasteiger partial charge in [-0.3, -0.25) is 0 Å². The number of aliphatic hydroxyl groups is 3. The Balaban J connectivity index is 1.87. The molecular formula is C13H15NO4S. The number of hydrogen-bond acceptors (Lipinski definition) is 6. The normalized spacial score (nSPS) is 33.8. The van der Waals surface area contributed by atoms with E-state index in [1.165, 1.54) is 0 Å². The van der Waals surface area contributed by atoms with Crippen LogP contribution in [0.3, 0.4) is 0 Å². The van der Waals surface area contributed by atoms with Crippen molar-refractivity contribution in [3.63, 3.8) is 0 Å². The molecule has 5 nitrogen and oxygen atoms in total. The topological polar surface area (TPSA) is 73.2 Å². The van der Waals surface area contributed by atoms with E-state index in [1.54, 1.807) is 22.4 Å². The molecule has 102 valence electrons.